The first-order valence-corrected chi connectivity index (χ1v) is 7.65. The number of nitrogens with zero attached hydrogens (tertiary/aromatic N) is 2. The highest BCUT2D eigenvalue weighted by atomic mass is 16.5. The minimum absolute atomic E-state index is 0.811. The fraction of sp³-hybridized carbons (Fsp3) is 0.200. The van der Waals surface area contributed by atoms with Crippen LogP contribution in [0.25, 0.3) is 11.1 Å². The third-order valence-electron chi connectivity index (χ3n) is 3.99. The molecule has 0 unspecified atom stereocenters. The third-order valence-corrected chi connectivity index (χ3v) is 3.99. The van der Waals surface area contributed by atoms with Gasteiger partial charge in [-0.3, -0.25) is 0 Å². The van der Waals surface area contributed by atoms with Gasteiger partial charge in [0.1, 0.15) is 5.75 Å². The largest absolute Gasteiger partial charge is 0.497 e. The Morgan fingerprint density at radius 1 is 0.783 bits per heavy atom. The van der Waals surface area contributed by atoms with Crippen LogP contribution in [0.15, 0.2) is 58.8 Å². The van der Waals surface area contributed by atoms with Crippen LogP contribution in [0.2, 0.25) is 0 Å². The summed E-state index contributed by atoms with van der Waals surface area (Å²) in [7, 11) is 1.65. The molecule has 2 aliphatic rings. The summed E-state index contributed by atoms with van der Waals surface area (Å²) in [4.78, 5) is 0. The minimum atomic E-state index is 0.811. The van der Waals surface area contributed by atoms with Crippen molar-refractivity contribution in [2.24, 2.45) is 10.2 Å². The molecule has 0 fully saturated rings. The van der Waals surface area contributed by atoms with E-state index in [2.05, 4.69) is 49.2 Å². The van der Waals surface area contributed by atoms with Gasteiger partial charge in [-0.1, -0.05) is 23.8 Å². The van der Waals surface area contributed by atoms with Crippen LogP contribution in [0.3, 0.4) is 0 Å². The van der Waals surface area contributed by atoms with E-state index in [1.54, 1.807) is 7.11 Å². The number of benzene rings is 1. The number of aryl methyl sites for hydroxylation is 3. The van der Waals surface area contributed by atoms with E-state index in [1.165, 1.54) is 27.8 Å². The molecule has 1 aromatic carbocycles. The Morgan fingerprint density at radius 3 is 2.17 bits per heavy atom. The van der Waals surface area contributed by atoms with E-state index < -0.39 is 0 Å². The summed E-state index contributed by atoms with van der Waals surface area (Å²) >= 11 is 0. The van der Waals surface area contributed by atoms with Crippen LogP contribution in [-0.4, -0.2) is 7.11 Å². The van der Waals surface area contributed by atoms with Gasteiger partial charge in [0.25, 0.3) is 0 Å². The fourth-order valence-electron chi connectivity index (χ4n) is 2.93. The van der Waals surface area contributed by atoms with Gasteiger partial charge in [-0.25, -0.2) is 0 Å². The van der Waals surface area contributed by atoms with Crippen LogP contribution >= 0.6 is 0 Å². The van der Waals surface area contributed by atoms with Gasteiger partial charge in [-0.05, 0) is 67.8 Å². The molecule has 0 bridgehead atoms. The van der Waals surface area contributed by atoms with Crippen LogP contribution in [-0.2, 0) is 0 Å². The predicted molar refractivity (Wildman–Crippen MR) is 94.4 cm³/mol. The molecular formula is C20H20N2O. The topological polar surface area (TPSA) is 34.0 Å². The van der Waals surface area contributed by atoms with Crippen molar-refractivity contribution in [1.82, 2.24) is 0 Å². The van der Waals surface area contributed by atoms with Crippen molar-refractivity contribution in [3.05, 3.63) is 65.2 Å². The minimum Gasteiger partial charge on any atom is -0.497 e. The summed E-state index contributed by atoms with van der Waals surface area (Å²) in [5.41, 5.74) is 7.87. The standard InChI is InChI=1S/C20H20N2O/c1-13-11-14(2)18-9-10-19(20(18)15(3)12-13)22-21-16-5-7-17(23-4)8-6-16/h5-12H,1-4H3. The van der Waals surface area contributed by atoms with Crippen molar-refractivity contribution in [1.29, 1.82) is 0 Å². The number of ether oxygens (including phenoxy) is 1. The molecule has 0 atom stereocenters. The Balaban J connectivity index is 2.00. The Morgan fingerprint density at radius 2 is 1.48 bits per heavy atom. The molecule has 3 heteroatoms. The van der Waals surface area contributed by atoms with Gasteiger partial charge in [0.05, 0.1) is 18.5 Å². The number of rotatable bonds is 3. The quantitative estimate of drug-likeness (QED) is 0.535. The summed E-state index contributed by atoms with van der Waals surface area (Å²) in [5.74, 6) is 0.816. The fourth-order valence-corrected chi connectivity index (χ4v) is 2.93. The molecule has 3 nitrogen and oxygen atoms in total. The molecule has 0 aromatic heterocycles. The van der Waals surface area contributed by atoms with Crippen LogP contribution in [0.1, 0.15) is 16.7 Å². The Kier molecular flexibility index (Phi) is 4.11. The molecule has 2 aliphatic carbocycles. The molecule has 23 heavy (non-hydrogen) atoms. The molecule has 0 saturated carbocycles. The summed E-state index contributed by atoms with van der Waals surface area (Å²) in [6.07, 6.45) is 0. The number of azo groups is 1. The Labute approximate surface area is 137 Å². The maximum atomic E-state index is 5.16. The normalized spacial score (nSPS) is 11.3. The first kappa shape index (κ1) is 15.2. The Bertz CT molecular complexity index is 835. The average Bonchev–Trinajstić information content (AvgIpc) is 2.93. The van der Waals surface area contributed by atoms with Gasteiger partial charge in [0.15, 0.2) is 0 Å². The first-order valence-electron chi connectivity index (χ1n) is 7.65. The van der Waals surface area contributed by atoms with Crippen LogP contribution in [0, 0.1) is 20.8 Å². The molecule has 0 saturated heterocycles. The van der Waals surface area contributed by atoms with Gasteiger partial charge in [-0.2, -0.15) is 5.11 Å². The van der Waals surface area contributed by atoms with Crippen molar-refractivity contribution >= 4 is 11.4 Å². The van der Waals surface area contributed by atoms with Gasteiger partial charge < -0.3 is 4.74 Å². The van der Waals surface area contributed by atoms with E-state index in [4.69, 9.17) is 4.74 Å². The van der Waals surface area contributed by atoms with Crippen LogP contribution in [0.4, 0.5) is 11.4 Å². The highest BCUT2D eigenvalue weighted by Crippen LogP contribution is 2.39. The number of methoxy groups -OCH3 is 1. The lowest BCUT2D eigenvalue weighted by Crippen LogP contribution is -1.79. The van der Waals surface area contributed by atoms with Gasteiger partial charge >= 0.3 is 0 Å². The highest BCUT2D eigenvalue weighted by Gasteiger charge is 2.13. The van der Waals surface area contributed by atoms with Crippen molar-refractivity contribution < 1.29 is 4.74 Å². The maximum Gasteiger partial charge on any atom is 0.119 e. The van der Waals surface area contributed by atoms with Crippen molar-refractivity contribution in [3.8, 4) is 16.9 Å². The van der Waals surface area contributed by atoms with E-state index >= 15 is 0 Å². The Hall–Kier alpha value is -2.68. The molecule has 1 aromatic rings. The zero-order valence-corrected chi connectivity index (χ0v) is 13.9. The summed E-state index contributed by atoms with van der Waals surface area (Å²) < 4.78 is 5.16. The number of fused-ring (bicyclic) bond motifs is 1. The van der Waals surface area contributed by atoms with Crippen molar-refractivity contribution in [2.75, 3.05) is 7.11 Å². The maximum absolute atomic E-state index is 5.16. The van der Waals surface area contributed by atoms with Crippen molar-refractivity contribution in [3.63, 3.8) is 0 Å². The van der Waals surface area contributed by atoms with E-state index in [1.807, 2.05) is 30.3 Å². The molecule has 0 aliphatic heterocycles. The third kappa shape index (κ3) is 3.09. The molecule has 3 rings (SSSR count). The lowest BCUT2D eigenvalue weighted by molar-refractivity contribution is 0.415. The molecule has 116 valence electrons. The monoisotopic (exact) mass is 304 g/mol. The van der Waals surface area contributed by atoms with Gasteiger partial charge in [0, 0.05) is 5.56 Å². The molecule has 0 N–H and O–H groups in total. The van der Waals surface area contributed by atoms with E-state index in [0.717, 1.165) is 17.1 Å². The smallest absolute Gasteiger partial charge is 0.119 e. The molecule has 0 radical (unpaired) electrons. The van der Waals surface area contributed by atoms with E-state index in [-0.39, 0.29) is 0 Å². The second-order valence-electron chi connectivity index (χ2n) is 5.80. The predicted octanol–water partition coefficient (Wildman–Crippen LogP) is 6.14. The SMILES string of the molecule is COc1ccc(N=Nc2ccc3c(C)cc(C)cc(C)c2-3)cc1. The molecule has 0 spiro atoms. The van der Waals surface area contributed by atoms with E-state index in [9.17, 15) is 0 Å². The zero-order chi connectivity index (χ0) is 16.4. The number of hydrogen-bond donors (Lipinski definition) is 0. The highest BCUT2D eigenvalue weighted by molar-refractivity contribution is 5.84. The lowest BCUT2D eigenvalue weighted by Gasteiger charge is -2.02. The van der Waals surface area contributed by atoms with Gasteiger partial charge in [0.2, 0.25) is 0 Å². The van der Waals surface area contributed by atoms with Gasteiger partial charge in [-0.15, -0.1) is 5.11 Å². The summed E-state index contributed by atoms with van der Waals surface area (Å²) in [6, 6.07) is 16.1. The summed E-state index contributed by atoms with van der Waals surface area (Å²) in [5, 5.41) is 8.82. The van der Waals surface area contributed by atoms with Crippen molar-refractivity contribution in [2.45, 2.75) is 20.8 Å². The summed E-state index contributed by atoms with van der Waals surface area (Å²) in [6.45, 7) is 6.39. The molecular weight excluding hydrogens is 284 g/mol. The second-order valence-corrected chi connectivity index (χ2v) is 5.80. The lowest BCUT2D eigenvalue weighted by atomic mass is 10.0. The van der Waals surface area contributed by atoms with Crippen LogP contribution in [0.5, 0.6) is 5.75 Å². The number of hydrogen-bond acceptors (Lipinski definition) is 3. The van der Waals surface area contributed by atoms with Crippen LogP contribution < -0.4 is 4.74 Å². The average molecular weight is 304 g/mol. The first-order chi connectivity index (χ1) is 11.1. The zero-order valence-electron chi connectivity index (χ0n) is 13.9. The molecule has 0 amide bonds. The van der Waals surface area contributed by atoms with E-state index in [0.29, 0.717) is 0 Å². The second kappa shape index (κ2) is 6.21. The molecule has 0 heterocycles.